The molecule has 0 radical (unpaired) electrons. The third-order valence-corrected chi connectivity index (χ3v) is 43.5. The molecule has 2 unspecified atom stereocenters. The minimum Gasteiger partial charge on any atom is -0.147 e. The zero-order chi connectivity index (χ0) is 33.9. The van der Waals surface area contributed by atoms with Crippen LogP contribution in [0, 0.1) is 13.8 Å². The molecule has 0 aliphatic heterocycles. The van der Waals surface area contributed by atoms with E-state index >= 15 is 0 Å². The molecule has 0 fully saturated rings. The van der Waals surface area contributed by atoms with E-state index in [1.54, 1.807) is 22.3 Å². The molecule has 4 aromatic rings. The Hall–Kier alpha value is -1.96. The third-order valence-electron chi connectivity index (χ3n) is 12.7. The Labute approximate surface area is 312 Å². The molecule has 2 aliphatic rings. The minimum absolute atomic E-state index is 0. The Morgan fingerprint density at radius 3 is 1.37 bits per heavy atom. The topological polar surface area (TPSA) is 0 Å². The Morgan fingerprint density at radius 1 is 0.571 bits per heavy atom. The van der Waals surface area contributed by atoms with Gasteiger partial charge in [-0.25, -0.2) is 0 Å². The monoisotopic (exact) mass is 786 g/mol. The van der Waals surface area contributed by atoms with Gasteiger partial charge < -0.3 is 0 Å². The Balaban J connectivity index is 0.00000270. The molecule has 4 aromatic carbocycles. The quantitative estimate of drug-likeness (QED) is 0.148. The number of aryl methyl sites for hydroxylation is 2. The van der Waals surface area contributed by atoms with Crippen molar-refractivity contribution in [2.75, 3.05) is 0 Å². The molecular formula is C45H58Cl2SiZr. The summed E-state index contributed by atoms with van der Waals surface area (Å²) in [5, 5.41) is 0. The summed E-state index contributed by atoms with van der Waals surface area (Å²) >= 11 is -3.80. The second-order valence-corrected chi connectivity index (χ2v) is 43.3. The second kappa shape index (κ2) is 14.9. The van der Waals surface area contributed by atoms with Gasteiger partial charge in [0.1, 0.15) is 0 Å². The standard InChI is InChI=1S/C21H23.C20H21.2C2H5.2ClH.H2Si.Zr/c1-5-16-12-20-15(4)6-11-19(21(20)13-16)18-9-7-17(8-10-18)14(2)3;1-13(2)16-6-8-17(9-7-16)18-10-5-15(4)19-11-14(3)12-20(18)19;2*1-2;;;;/h6-14H,5H2,1-4H3;5-13H,1-4H3;2*1H2,2H3;2*1H;1H2;. The van der Waals surface area contributed by atoms with E-state index in [0.29, 0.717) is 19.1 Å². The summed E-state index contributed by atoms with van der Waals surface area (Å²) in [6, 6.07) is 28.5. The molecule has 2 atom stereocenters. The molecule has 0 nitrogen and oxygen atoms in total. The first kappa shape index (κ1) is 39.8. The zero-order valence-electron chi connectivity index (χ0n) is 31.5. The van der Waals surface area contributed by atoms with E-state index in [9.17, 15) is 0 Å². The summed E-state index contributed by atoms with van der Waals surface area (Å²) in [6.45, 7) is 26.5. The Bertz CT molecular complexity index is 1970. The van der Waals surface area contributed by atoms with Crippen molar-refractivity contribution >= 4 is 43.8 Å². The van der Waals surface area contributed by atoms with Crippen LogP contribution in [0.5, 0.6) is 0 Å². The van der Waals surface area contributed by atoms with Crippen LogP contribution in [0.15, 0.2) is 83.9 Å². The van der Waals surface area contributed by atoms with E-state index in [-0.39, 0.29) is 24.8 Å². The number of hydrogen-bond acceptors (Lipinski definition) is 0. The second-order valence-electron chi connectivity index (χ2n) is 15.7. The van der Waals surface area contributed by atoms with Crippen molar-refractivity contribution in [3.05, 3.63) is 128 Å². The fourth-order valence-electron chi connectivity index (χ4n) is 9.59. The van der Waals surface area contributed by atoms with Crippen LogP contribution in [0.1, 0.15) is 125 Å². The molecule has 260 valence electrons. The summed E-state index contributed by atoms with van der Waals surface area (Å²) in [5.74, 6) is 1.09. The molecule has 0 heterocycles. The number of hydrogen-bond donors (Lipinski definition) is 0. The van der Waals surface area contributed by atoms with Crippen LogP contribution in [-0.2, 0) is 17.4 Å². The van der Waals surface area contributed by atoms with Crippen LogP contribution in [0.25, 0.3) is 34.4 Å². The van der Waals surface area contributed by atoms with Crippen molar-refractivity contribution in [3.8, 4) is 22.3 Å². The van der Waals surface area contributed by atoms with Gasteiger partial charge in [-0.15, -0.1) is 24.8 Å². The van der Waals surface area contributed by atoms with Gasteiger partial charge in [-0.2, -0.15) is 0 Å². The molecule has 6 rings (SSSR count). The molecule has 49 heavy (non-hydrogen) atoms. The minimum atomic E-state index is -3.80. The first-order valence-corrected chi connectivity index (χ1v) is 30.5. The molecule has 0 saturated heterocycles. The van der Waals surface area contributed by atoms with E-state index in [1.807, 2.05) is 0 Å². The maximum Gasteiger partial charge on any atom is -0.147 e. The average Bonchev–Trinajstić information content (AvgIpc) is 3.66. The SMILES string of the molecule is CCC1=Cc2c(-c3ccc(C(C)C)cc3)ccc(C)c2[CH]1[Zr](=[SiH2])([CH2]C)([CH2]C)[CH]1C(C)=Cc2c(-c3ccc(C(C)C)cc3)ccc(C)c21.Cl.Cl. The number of halogens is 2. The van der Waals surface area contributed by atoms with Gasteiger partial charge in [0.2, 0.25) is 0 Å². The first-order valence-electron chi connectivity index (χ1n) is 18.3. The van der Waals surface area contributed by atoms with Crippen molar-refractivity contribution < 1.29 is 17.4 Å². The van der Waals surface area contributed by atoms with Crippen LogP contribution < -0.4 is 0 Å². The van der Waals surface area contributed by atoms with Crippen LogP contribution in [0.3, 0.4) is 0 Å². The molecule has 0 amide bonds. The van der Waals surface area contributed by atoms with E-state index < -0.39 is 17.4 Å². The number of allylic oxidation sites excluding steroid dienone is 2. The smallest absolute Gasteiger partial charge is 0.147 e. The van der Waals surface area contributed by atoms with E-state index in [2.05, 4.69) is 161 Å². The van der Waals surface area contributed by atoms with Gasteiger partial charge in [-0.05, 0) is 0 Å². The fraction of sp³-hybridized carbons (Fsp3) is 0.378. The van der Waals surface area contributed by atoms with Gasteiger partial charge in [0, 0.05) is 0 Å². The number of rotatable bonds is 9. The Morgan fingerprint density at radius 2 is 0.980 bits per heavy atom. The van der Waals surface area contributed by atoms with Gasteiger partial charge in [-0.3, -0.25) is 0 Å². The largest absolute Gasteiger partial charge is 0.147 e. The summed E-state index contributed by atoms with van der Waals surface area (Å²) < 4.78 is 3.76. The van der Waals surface area contributed by atoms with Crippen molar-refractivity contribution in [2.24, 2.45) is 0 Å². The van der Waals surface area contributed by atoms with Gasteiger partial charge >= 0.3 is 290 Å². The molecule has 0 bridgehead atoms. The van der Waals surface area contributed by atoms with Gasteiger partial charge in [0.15, 0.2) is 0 Å². The first-order chi connectivity index (χ1) is 22.4. The van der Waals surface area contributed by atoms with Crippen molar-refractivity contribution in [1.82, 2.24) is 0 Å². The van der Waals surface area contributed by atoms with Crippen molar-refractivity contribution in [1.29, 1.82) is 0 Å². The molecule has 4 heteroatoms. The summed E-state index contributed by atoms with van der Waals surface area (Å²) in [4.78, 5) is 0. The predicted octanol–water partition coefficient (Wildman–Crippen LogP) is 13.8. The van der Waals surface area contributed by atoms with Crippen LogP contribution in [0.4, 0.5) is 0 Å². The summed E-state index contributed by atoms with van der Waals surface area (Å²) in [6.07, 6.45) is 6.38. The maximum absolute atomic E-state index is 3.80. The normalized spacial score (nSPS) is 16.9. The summed E-state index contributed by atoms with van der Waals surface area (Å²) in [7, 11) is 0. The van der Waals surface area contributed by atoms with E-state index in [1.165, 1.54) is 63.9 Å². The third kappa shape index (κ3) is 6.41. The molecule has 0 spiro atoms. The molecule has 0 aromatic heterocycles. The Kier molecular flexibility index (Phi) is 12.1. The van der Waals surface area contributed by atoms with E-state index in [0.717, 1.165) is 6.42 Å². The van der Waals surface area contributed by atoms with Gasteiger partial charge in [-0.1, -0.05) is 0 Å². The predicted molar refractivity (Wildman–Crippen MR) is 223 cm³/mol. The zero-order valence-corrected chi connectivity index (χ0v) is 37.0. The summed E-state index contributed by atoms with van der Waals surface area (Å²) in [5.41, 5.74) is 20.9. The maximum atomic E-state index is 2.65. The van der Waals surface area contributed by atoms with Crippen LogP contribution in [0.2, 0.25) is 8.26 Å². The fourth-order valence-corrected chi connectivity index (χ4v) is 33.6. The molecule has 0 saturated carbocycles. The van der Waals surface area contributed by atoms with Crippen molar-refractivity contribution in [2.45, 2.75) is 103 Å². The van der Waals surface area contributed by atoms with Gasteiger partial charge in [0.25, 0.3) is 0 Å². The van der Waals surface area contributed by atoms with Crippen LogP contribution in [-0.4, -0.2) is 6.88 Å². The molecular weight excluding hydrogens is 731 g/mol. The molecule has 2 aliphatic carbocycles. The average molecular weight is 789 g/mol. The number of fused-ring (bicyclic) bond motifs is 2. The van der Waals surface area contributed by atoms with E-state index in [4.69, 9.17) is 0 Å². The van der Waals surface area contributed by atoms with Crippen LogP contribution >= 0.6 is 24.8 Å². The van der Waals surface area contributed by atoms with Gasteiger partial charge in [0.05, 0.1) is 0 Å². The number of benzene rings is 4. The molecule has 0 N–H and O–H groups in total. The van der Waals surface area contributed by atoms with Crippen molar-refractivity contribution in [3.63, 3.8) is 0 Å².